The Bertz CT molecular complexity index is 212. The van der Waals surface area contributed by atoms with Gasteiger partial charge >= 0.3 is 0 Å². The molecular formula is C10H13O2. The van der Waals surface area contributed by atoms with Crippen LogP contribution in [0.1, 0.15) is 6.92 Å². The highest BCUT2D eigenvalue weighted by atomic mass is 16.5. The topological polar surface area (TPSA) is 18.5 Å². The summed E-state index contributed by atoms with van der Waals surface area (Å²) in [6, 6.07) is 7.54. The summed E-state index contributed by atoms with van der Waals surface area (Å²) < 4.78 is 10.5. The van der Waals surface area contributed by atoms with Crippen molar-refractivity contribution in [2.45, 2.75) is 6.92 Å². The van der Waals surface area contributed by atoms with Crippen molar-refractivity contribution >= 4 is 0 Å². The van der Waals surface area contributed by atoms with E-state index in [1.54, 1.807) is 0 Å². The van der Waals surface area contributed by atoms with E-state index in [2.05, 4.69) is 6.92 Å². The summed E-state index contributed by atoms with van der Waals surface area (Å²) in [5, 5.41) is 0. The van der Waals surface area contributed by atoms with E-state index in [1.165, 1.54) is 0 Å². The molecule has 0 saturated carbocycles. The summed E-state index contributed by atoms with van der Waals surface area (Å²) >= 11 is 0. The Hall–Kier alpha value is -1.18. The van der Waals surface area contributed by atoms with Gasteiger partial charge in [0.2, 0.25) is 0 Å². The highest BCUT2D eigenvalue weighted by Gasteiger charge is 1.94. The molecule has 12 heavy (non-hydrogen) atoms. The summed E-state index contributed by atoms with van der Waals surface area (Å²) in [4.78, 5) is 0. The lowest BCUT2D eigenvalue weighted by molar-refractivity contribution is 0.330. The van der Waals surface area contributed by atoms with Crippen molar-refractivity contribution in [2.75, 3.05) is 13.2 Å². The molecule has 65 valence electrons. The molecule has 0 N–H and O–H groups in total. The Morgan fingerprint density at radius 2 is 1.92 bits per heavy atom. The van der Waals surface area contributed by atoms with Crippen LogP contribution in [0, 0.1) is 6.92 Å². The fraction of sp³-hybridized carbons (Fsp3) is 0.300. The van der Waals surface area contributed by atoms with Gasteiger partial charge in [-0.05, 0) is 26.0 Å². The number of benzene rings is 1. The van der Waals surface area contributed by atoms with Crippen molar-refractivity contribution in [1.29, 1.82) is 0 Å². The molecule has 0 aromatic heterocycles. The van der Waals surface area contributed by atoms with Crippen LogP contribution < -0.4 is 9.47 Å². The fourth-order valence-corrected chi connectivity index (χ4v) is 0.938. The Morgan fingerprint density at radius 1 is 1.25 bits per heavy atom. The Labute approximate surface area is 73.1 Å². The lowest BCUT2D eigenvalue weighted by Crippen LogP contribution is -1.94. The molecule has 0 spiro atoms. The molecule has 0 aliphatic rings. The van der Waals surface area contributed by atoms with Gasteiger partial charge < -0.3 is 9.47 Å². The average Bonchev–Trinajstić information content (AvgIpc) is 2.06. The van der Waals surface area contributed by atoms with Crippen LogP contribution in [-0.2, 0) is 0 Å². The van der Waals surface area contributed by atoms with E-state index in [0.717, 1.165) is 11.5 Å². The van der Waals surface area contributed by atoms with Gasteiger partial charge in [0.15, 0.2) is 0 Å². The van der Waals surface area contributed by atoms with E-state index in [9.17, 15) is 0 Å². The van der Waals surface area contributed by atoms with Gasteiger partial charge in [0.1, 0.15) is 11.5 Å². The van der Waals surface area contributed by atoms with Gasteiger partial charge in [0, 0.05) is 6.07 Å². The average molecular weight is 165 g/mol. The quantitative estimate of drug-likeness (QED) is 0.681. The molecule has 0 amide bonds. The highest BCUT2D eigenvalue weighted by molar-refractivity contribution is 5.32. The third-order valence-corrected chi connectivity index (χ3v) is 1.39. The van der Waals surface area contributed by atoms with Crippen LogP contribution in [0.2, 0.25) is 0 Å². The van der Waals surface area contributed by atoms with E-state index < -0.39 is 0 Å². The predicted molar refractivity (Wildman–Crippen MR) is 48.5 cm³/mol. The van der Waals surface area contributed by atoms with Gasteiger partial charge in [-0.25, -0.2) is 0 Å². The normalized spacial score (nSPS) is 9.50. The third-order valence-electron chi connectivity index (χ3n) is 1.39. The van der Waals surface area contributed by atoms with Gasteiger partial charge in [0.25, 0.3) is 0 Å². The van der Waals surface area contributed by atoms with E-state index >= 15 is 0 Å². The lowest BCUT2D eigenvalue weighted by Gasteiger charge is -2.05. The highest BCUT2D eigenvalue weighted by Crippen LogP contribution is 2.18. The minimum absolute atomic E-state index is 0.440. The molecule has 1 aromatic carbocycles. The largest absolute Gasteiger partial charge is 0.494 e. The van der Waals surface area contributed by atoms with Gasteiger partial charge in [-0.1, -0.05) is 6.07 Å². The molecule has 0 bridgehead atoms. The second-order valence-corrected chi connectivity index (χ2v) is 2.26. The molecule has 0 aliphatic heterocycles. The predicted octanol–water partition coefficient (Wildman–Crippen LogP) is 2.30. The first-order valence-corrected chi connectivity index (χ1v) is 4.01. The molecule has 2 nitrogen and oxygen atoms in total. The van der Waals surface area contributed by atoms with Crippen molar-refractivity contribution in [2.24, 2.45) is 0 Å². The minimum Gasteiger partial charge on any atom is -0.494 e. The van der Waals surface area contributed by atoms with Crippen LogP contribution in [0.25, 0.3) is 0 Å². The molecule has 0 fully saturated rings. The maximum atomic E-state index is 5.29. The molecule has 1 radical (unpaired) electrons. The van der Waals surface area contributed by atoms with Crippen LogP contribution in [-0.4, -0.2) is 13.2 Å². The fourth-order valence-electron chi connectivity index (χ4n) is 0.938. The van der Waals surface area contributed by atoms with E-state index in [-0.39, 0.29) is 0 Å². The molecule has 1 rings (SSSR count). The second kappa shape index (κ2) is 4.65. The standard InChI is InChI=1S/C10H13O2/c1-3-11-9-6-5-7-10(8-9)12-4-2/h5-8H,1,3-4H2,2H3. The third kappa shape index (κ3) is 2.46. The number of rotatable bonds is 4. The van der Waals surface area contributed by atoms with E-state index in [1.807, 2.05) is 31.2 Å². The molecule has 0 atom stereocenters. The Balaban J connectivity index is 2.67. The maximum absolute atomic E-state index is 5.29. The summed E-state index contributed by atoms with van der Waals surface area (Å²) in [6.45, 7) is 6.66. The van der Waals surface area contributed by atoms with Gasteiger partial charge in [-0.2, -0.15) is 0 Å². The first-order valence-electron chi connectivity index (χ1n) is 4.01. The zero-order chi connectivity index (χ0) is 8.81. The van der Waals surface area contributed by atoms with Crippen LogP contribution >= 0.6 is 0 Å². The molecular weight excluding hydrogens is 152 g/mol. The molecule has 1 aromatic rings. The summed E-state index contributed by atoms with van der Waals surface area (Å²) in [5.41, 5.74) is 0. The Kier molecular flexibility index (Phi) is 3.45. The zero-order valence-electron chi connectivity index (χ0n) is 7.25. The van der Waals surface area contributed by atoms with Crippen LogP contribution in [0.15, 0.2) is 24.3 Å². The van der Waals surface area contributed by atoms with Crippen LogP contribution in [0.5, 0.6) is 11.5 Å². The van der Waals surface area contributed by atoms with Crippen molar-refractivity contribution in [1.82, 2.24) is 0 Å². The van der Waals surface area contributed by atoms with E-state index in [0.29, 0.717) is 13.2 Å². The minimum atomic E-state index is 0.440. The zero-order valence-corrected chi connectivity index (χ0v) is 7.25. The van der Waals surface area contributed by atoms with Crippen LogP contribution in [0.4, 0.5) is 0 Å². The van der Waals surface area contributed by atoms with Gasteiger partial charge in [-0.15, -0.1) is 0 Å². The van der Waals surface area contributed by atoms with Crippen LogP contribution in [0.3, 0.4) is 0 Å². The smallest absolute Gasteiger partial charge is 0.122 e. The lowest BCUT2D eigenvalue weighted by atomic mass is 10.3. The molecule has 0 saturated heterocycles. The van der Waals surface area contributed by atoms with Crippen molar-refractivity contribution in [3.8, 4) is 11.5 Å². The maximum Gasteiger partial charge on any atom is 0.122 e. The summed E-state index contributed by atoms with van der Waals surface area (Å²) in [7, 11) is 0. The number of hydrogen-bond acceptors (Lipinski definition) is 2. The van der Waals surface area contributed by atoms with Crippen molar-refractivity contribution < 1.29 is 9.47 Å². The SMILES string of the molecule is [CH2]COc1cccc(OCC)c1. The first-order chi connectivity index (χ1) is 5.86. The summed E-state index contributed by atoms with van der Waals surface area (Å²) in [6.07, 6.45) is 0. The van der Waals surface area contributed by atoms with Crippen molar-refractivity contribution in [3.05, 3.63) is 31.2 Å². The van der Waals surface area contributed by atoms with Gasteiger partial charge in [-0.3, -0.25) is 0 Å². The Morgan fingerprint density at radius 3 is 2.50 bits per heavy atom. The van der Waals surface area contributed by atoms with E-state index in [4.69, 9.17) is 9.47 Å². The summed E-state index contributed by atoms with van der Waals surface area (Å²) in [5.74, 6) is 1.64. The second-order valence-electron chi connectivity index (χ2n) is 2.26. The molecule has 2 heteroatoms. The van der Waals surface area contributed by atoms with Gasteiger partial charge in [0.05, 0.1) is 13.2 Å². The van der Waals surface area contributed by atoms with Crippen molar-refractivity contribution in [3.63, 3.8) is 0 Å². The monoisotopic (exact) mass is 165 g/mol. The molecule has 0 unspecified atom stereocenters. The number of hydrogen-bond donors (Lipinski definition) is 0. The first kappa shape index (κ1) is 8.91. The number of ether oxygens (including phenoxy) is 2. The molecule has 0 heterocycles. The molecule has 0 aliphatic carbocycles.